The fourth-order valence-electron chi connectivity index (χ4n) is 3.42. The molecule has 154 valence electrons. The number of halogens is 1. The van der Waals surface area contributed by atoms with Gasteiger partial charge in [-0.2, -0.15) is 10.2 Å². The number of nitrogens with zero attached hydrogens (tertiary/aromatic N) is 4. The Hall–Kier alpha value is -2.67. The quantitative estimate of drug-likeness (QED) is 0.581. The molecule has 1 fully saturated rings. The molecule has 0 aliphatic carbocycles. The topological polar surface area (TPSA) is 79.6 Å². The van der Waals surface area contributed by atoms with Crippen LogP contribution < -0.4 is 5.43 Å². The molecule has 1 N–H and O–H groups in total. The summed E-state index contributed by atoms with van der Waals surface area (Å²) in [7, 11) is 0. The molecule has 0 bridgehead atoms. The van der Waals surface area contributed by atoms with E-state index in [1.165, 1.54) is 0 Å². The standard InChI is InChI=1S/C21H26ClN5O2/c1-15-18(16(2)27(25-15)13-17-8-5-6-9-19(17)22)12-23-24-20(28)14-26-11-7-3-4-10-21(26)29/h5-6,8-9,12H,3-4,7,10-11,13-14H2,1-2H3,(H,24,28)/b23-12-. The smallest absolute Gasteiger partial charge is 0.259 e. The minimum absolute atomic E-state index is 0.0363. The van der Waals surface area contributed by atoms with Gasteiger partial charge in [0.15, 0.2) is 0 Å². The van der Waals surface area contributed by atoms with Crippen molar-refractivity contribution in [1.29, 1.82) is 0 Å². The molecule has 3 rings (SSSR count). The summed E-state index contributed by atoms with van der Waals surface area (Å²) >= 11 is 6.25. The highest BCUT2D eigenvalue weighted by Gasteiger charge is 2.19. The Morgan fingerprint density at radius 3 is 2.86 bits per heavy atom. The van der Waals surface area contributed by atoms with Crippen LogP contribution >= 0.6 is 11.6 Å². The van der Waals surface area contributed by atoms with E-state index < -0.39 is 0 Å². The van der Waals surface area contributed by atoms with Gasteiger partial charge < -0.3 is 4.90 Å². The molecule has 0 unspecified atom stereocenters. The Morgan fingerprint density at radius 2 is 2.07 bits per heavy atom. The first-order valence-corrected chi connectivity index (χ1v) is 10.2. The first-order valence-electron chi connectivity index (χ1n) is 9.83. The SMILES string of the molecule is Cc1nn(Cc2ccccc2Cl)c(C)c1/C=N\NC(=O)CN1CCCCCC1=O. The Kier molecular flexibility index (Phi) is 7.04. The molecule has 0 atom stereocenters. The third kappa shape index (κ3) is 5.44. The predicted molar refractivity (Wildman–Crippen MR) is 113 cm³/mol. The summed E-state index contributed by atoms with van der Waals surface area (Å²) in [6, 6.07) is 7.67. The van der Waals surface area contributed by atoms with Crippen molar-refractivity contribution in [2.75, 3.05) is 13.1 Å². The number of hydrogen-bond donors (Lipinski definition) is 1. The van der Waals surface area contributed by atoms with Crippen molar-refractivity contribution in [1.82, 2.24) is 20.1 Å². The number of aromatic nitrogens is 2. The van der Waals surface area contributed by atoms with Crippen molar-refractivity contribution in [2.45, 2.75) is 46.1 Å². The molecule has 2 amide bonds. The largest absolute Gasteiger partial charge is 0.333 e. The van der Waals surface area contributed by atoms with Crippen LogP contribution in [0.2, 0.25) is 5.02 Å². The molecule has 0 radical (unpaired) electrons. The Balaban J connectivity index is 1.62. The number of likely N-dealkylation sites (tertiary alicyclic amines) is 1. The molecule has 1 aliphatic rings. The molecule has 7 nitrogen and oxygen atoms in total. The van der Waals surface area contributed by atoms with Gasteiger partial charge in [-0.15, -0.1) is 0 Å². The molecule has 0 saturated carbocycles. The van der Waals surface area contributed by atoms with Crippen LogP contribution in [0.4, 0.5) is 0 Å². The fourth-order valence-corrected chi connectivity index (χ4v) is 3.62. The van der Waals surface area contributed by atoms with E-state index in [9.17, 15) is 9.59 Å². The van der Waals surface area contributed by atoms with Crippen LogP contribution in [0.15, 0.2) is 29.4 Å². The average Bonchev–Trinajstić information content (AvgIpc) is 2.82. The van der Waals surface area contributed by atoms with E-state index in [0.29, 0.717) is 24.5 Å². The van der Waals surface area contributed by atoms with Crippen molar-refractivity contribution in [3.05, 3.63) is 51.8 Å². The molecule has 2 heterocycles. The van der Waals surface area contributed by atoms with Gasteiger partial charge in [0, 0.05) is 29.2 Å². The zero-order valence-electron chi connectivity index (χ0n) is 16.8. The van der Waals surface area contributed by atoms with Crippen LogP contribution in [0, 0.1) is 13.8 Å². The summed E-state index contributed by atoms with van der Waals surface area (Å²) in [4.78, 5) is 25.8. The predicted octanol–water partition coefficient (Wildman–Crippen LogP) is 3.05. The maximum Gasteiger partial charge on any atom is 0.259 e. The van der Waals surface area contributed by atoms with Crippen LogP contribution in [-0.4, -0.2) is 45.8 Å². The molecule has 0 spiro atoms. The summed E-state index contributed by atoms with van der Waals surface area (Å²) in [6.45, 7) is 5.08. The number of carbonyl (C=O) groups excluding carboxylic acids is 2. The van der Waals surface area contributed by atoms with E-state index >= 15 is 0 Å². The van der Waals surface area contributed by atoms with E-state index in [0.717, 1.165) is 41.8 Å². The third-order valence-corrected chi connectivity index (χ3v) is 5.47. The monoisotopic (exact) mass is 415 g/mol. The Morgan fingerprint density at radius 1 is 1.28 bits per heavy atom. The van der Waals surface area contributed by atoms with Crippen LogP contribution in [0.5, 0.6) is 0 Å². The zero-order chi connectivity index (χ0) is 20.8. The van der Waals surface area contributed by atoms with Gasteiger partial charge in [0.2, 0.25) is 5.91 Å². The van der Waals surface area contributed by atoms with Crippen molar-refractivity contribution in [2.24, 2.45) is 5.10 Å². The van der Waals surface area contributed by atoms with Crippen molar-refractivity contribution < 1.29 is 9.59 Å². The van der Waals surface area contributed by atoms with E-state index in [2.05, 4.69) is 15.6 Å². The van der Waals surface area contributed by atoms with Crippen molar-refractivity contribution in [3.63, 3.8) is 0 Å². The Bertz CT molecular complexity index is 922. The van der Waals surface area contributed by atoms with Gasteiger partial charge in [0.1, 0.15) is 6.54 Å². The lowest BCUT2D eigenvalue weighted by atomic mass is 10.2. The highest BCUT2D eigenvalue weighted by molar-refractivity contribution is 6.31. The second kappa shape index (κ2) is 9.69. The number of hydrogen-bond acceptors (Lipinski definition) is 4. The second-order valence-electron chi connectivity index (χ2n) is 7.25. The number of hydrazone groups is 1. The number of benzene rings is 1. The highest BCUT2D eigenvalue weighted by atomic mass is 35.5. The summed E-state index contributed by atoms with van der Waals surface area (Å²) in [5, 5.41) is 9.33. The van der Waals surface area contributed by atoms with E-state index in [-0.39, 0.29) is 18.4 Å². The van der Waals surface area contributed by atoms with Gasteiger partial charge >= 0.3 is 0 Å². The van der Waals surface area contributed by atoms with Gasteiger partial charge in [-0.3, -0.25) is 14.3 Å². The first-order chi connectivity index (χ1) is 14.0. The molecule has 2 aromatic rings. The lowest BCUT2D eigenvalue weighted by Crippen LogP contribution is -2.39. The maximum absolute atomic E-state index is 12.2. The van der Waals surface area contributed by atoms with Gasteiger partial charge in [-0.25, -0.2) is 5.43 Å². The van der Waals surface area contributed by atoms with Crippen LogP contribution in [0.1, 0.15) is 48.2 Å². The summed E-state index contributed by atoms with van der Waals surface area (Å²) in [5.74, 6) is -0.260. The van der Waals surface area contributed by atoms with E-state index in [4.69, 9.17) is 11.6 Å². The van der Waals surface area contributed by atoms with Crippen molar-refractivity contribution >= 4 is 29.6 Å². The normalized spacial score (nSPS) is 15.0. The van der Waals surface area contributed by atoms with E-state index in [1.54, 1.807) is 11.1 Å². The number of rotatable bonds is 6. The molecular formula is C21H26ClN5O2. The number of nitrogens with one attached hydrogen (secondary N) is 1. The van der Waals surface area contributed by atoms with Gasteiger partial charge in [-0.05, 0) is 38.3 Å². The van der Waals surface area contributed by atoms with Crippen LogP contribution in [-0.2, 0) is 16.1 Å². The molecule has 29 heavy (non-hydrogen) atoms. The average molecular weight is 416 g/mol. The van der Waals surface area contributed by atoms with E-state index in [1.807, 2.05) is 42.8 Å². The Labute approximate surface area is 175 Å². The van der Waals surface area contributed by atoms with Crippen molar-refractivity contribution in [3.8, 4) is 0 Å². The summed E-state index contributed by atoms with van der Waals surface area (Å²) < 4.78 is 1.87. The lowest BCUT2D eigenvalue weighted by Gasteiger charge is -2.18. The van der Waals surface area contributed by atoms with Gasteiger partial charge in [0.25, 0.3) is 5.91 Å². The maximum atomic E-state index is 12.2. The highest BCUT2D eigenvalue weighted by Crippen LogP contribution is 2.18. The van der Waals surface area contributed by atoms with Crippen LogP contribution in [0.3, 0.4) is 0 Å². The zero-order valence-corrected chi connectivity index (χ0v) is 17.6. The molecule has 8 heteroatoms. The molecule has 1 aromatic carbocycles. The second-order valence-corrected chi connectivity index (χ2v) is 7.66. The minimum Gasteiger partial charge on any atom is -0.333 e. The van der Waals surface area contributed by atoms with Crippen LogP contribution in [0.25, 0.3) is 0 Å². The molecule has 1 aliphatic heterocycles. The van der Waals surface area contributed by atoms with Gasteiger partial charge in [-0.1, -0.05) is 36.2 Å². The number of aryl methyl sites for hydroxylation is 1. The molecule has 1 saturated heterocycles. The molecule has 1 aromatic heterocycles. The fraction of sp³-hybridized carbons (Fsp3) is 0.429. The number of carbonyl (C=O) groups is 2. The first kappa shape index (κ1) is 21.0. The summed E-state index contributed by atoms with van der Waals surface area (Å²) in [6.07, 6.45) is 4.97. The minimum atomic E-state index is -0.296. The number of amides is 2. The van der Waals surface area contributed by atoms with Gasteiger partial charge in [0.05, 0.1) is 18.5 Å². The molecular weight excluding hydrogens is 390 g/mol. The lowest BCUT2D eigenvalue weighted by molar-refractivity contribution is -0.135. The third-order valence-electron chi connectivity index (χ3n) is 5.10. The summed E-state index contributed by atoms with van der Waals surface area (Å²) in [5.41, 5.74) is 6.10.